The highest BCUT2D eigenvalue weighted by Gasteiger charge is 2.35. The second kappa shape index (κ2) is 5.26. The molecule has 0 aliphatic carbocycles. The lowest BCUT2D eigenvalue weighted by Crippen LogP contribution is -2.26. The van der Waals surface area contributed by atoms with Crippen molar-refractivity contribution in [1.29, 1.82) is 0 Å². The van der Waals surface area contributed by atoms with Crippen LogP contribution in [-0.4, -0.2) is 22.3 Å². The number of benzene rings is 1. The molecule has 0 aliphatic rings. The Morgan fingerprint density at radius 1 is 1.42 bits per heavy atom. The summed E-state index contributed by atoms with van der Waals surface area (Å²) in [6.07, 6.45) is -6.54. The van der Waals surface area contributed by atoms with E-state index in [4.69, 9.17) is 22.4 Å². The standard InChI is InChI=1S/C11H11ClF3NO3/c1-4(9(17)10(18)19)5-2-6(11(13,14)15)8(16)7(12)3-5/h2-4,9,17H,16H2,1H3,(H,18,19). The first-order valence-electron chi connectivity index (χ1n) is 5.12. The average Bonchev–Trinajstić information content (AvgIpc) is 2.28. The number of carboxylic acid groups (broad SMARTS) is 1. The first-order chi connectivity index (χ1) is 8.55. The van der Waals surface area contributed by atoms with Crippen molar-refractivity contribution >= 4 is 23.3 Å². The first-order valence-corrected chi connectivity index (χ1v) is 5.50. The molecule has 0 saturated carbocycles. The van der Waals surface area contributed by atoms with Gasteiger partial charge in [-0.05, 0) is 17.7 Å². The van der Waals surface area contributed by atoms with Crippen LogP contribution in [0.4, 0.5) is 18.9 Å². The zero-order valence-corrected chi connectivity index (χ0v) is 10.5. The summed E-state index contributed by atoms with van der Waals surface area (Å²) in [6.45, 7) is 1.28. The van der Waals surface area contributed by atoms with Gasteiger partial charge in [-0.15, -0.1) is 0 Å². The van der Waals surface area contributed by atoms with Crippen LogP contribution in [0.2, 0.25) is 5.02 Å². The number of aliphatic carboxylic acids is 1. The van der Waals surface area contributed by atoms with E-state index in [1.54, 1.807) is 0 Å². The van der Waals surface area contributed by atoms with Gasteiger partial charge < -0.3 is 15.9 Å². The quantitative estimate of drug-likeness (QED) is 0.749. The van der Waals surface area contributed by atoms with Gasteiger partial charge in [0.1, 0.15) is 0 Å². The highest BCUT2D eigenvalue weighted by molar-refractivity contribution is 6.33. The fourth-order valence-electron chi connectivity index (χ4n) is 1.53. The number of aliphatic hydroxyl groups is 1. The predicted molar refractivity (Wildman–Crippen MR) is 62.9 cm³/mol. The molecule has 4 N–H and O–H groups in total. The minimum atomic E-state index is -4.71. The number of rotatable bonds is 3. The highest BCUT2D eigenvalue weighted by atomic mass is 35.5. The van der Waals surface area contributed by atoms with Crippen molar-refractivity contribution in [3.63, 3.8) is 0 Å². The number of nitrogen functional groups attached to an aromatic ring is 1. The van der Waals surface area contributed by atoms with Gasteiger partial charge >= 0.3 is 12.1 Å². The summed E-state index contributed by atoms with van der Waals surface area (Å²) in [7, 11) is 0. The summed E-state index contributed by atoms with van der Waals surface area (Å²) in [6, 6.07) is 1.81. The summed E-state index contributed by atoms with van der Waals surface area (Å²) in [5.74, 6) is -2.59. The van der Waals surface area contributed by atoms with Gasteiger partial charge in [-0.2, -0.15) is 13.2 Å². The van der Waals surface area contributed by atoms with Crippen molar-refractivity contribution in [2.45, 2.75) is 25.1 Å². The molecule has 2 unspecified atom stereocenters. The molecule has 0 fully saturated rings. The minimum absolute atomic E-state index is 0.0542. The number of alkyl halides is 3. The maximum Gasteiger partial charge on any atom is 0.418 e. The van der Waals surface area contributed by atoms with Gasteiger partial charge in [0.05, 0.1) is 16.3 Å². The lowest BCUT2D eigenvalue weighted by Gasteiger charge is -2.19. The molecular formula is C11H11ClF3NO3. The van der Waals surface area contributed by atoms with Crippen LogP contribution in [0.15, 0.2) is 12.1 Å². The van der Waals surface area contributed by atoms with Gasteiger partial charge in [0.15, 0.2) is 6.10 Å². The number of hydrogen-bond acceptors (Lipinski definition) is 3. The van der Waals surface area contributed by atoms with Gasteiger partial charge in [-0.1, -0.05) is 18.5 Å². The summed E-state index contributed by atoms with van der Waals surface area (Å²) >= 11 is 5.60. The Hall–Kier alpha value is -1.47. The van der Waals surface area contributed by atoms with Crippen molar-refractivity contribution in [3.05, 3.63) is 28.3 Å². The molecule has 2 atom stereocenters. The number of nitrogens with two attached hydrogens (primary N) is 1. The summed E-state index contributed by atoms with van der Waals surface area (Å²) in [5.41, 5.74) is 3.41. The van der Waals surface area contributed by atoms with Crippen LogP contribution >= 0.6 is 11.6 Å². The normalized spacial score (nSPS) is 15.1. The Labute approximate surface area is 111 Å². The van der Waals surface area contributed by atoms with Crippen LogP contribution in [0.5, 0.6) is 0 Å². The van der Waals surface area contributed by atoms with Crippen molar-refractivity contribution in [2.24, 2.45) is 0 Å². The molecule has 0 aromatic heterocycles. The van der Waals surface area contributed by atoms with Crippen molar-refractivity contribution < 1.29 is 28.2 Å². The molecule has 106 valence electrons. The zero-order chi connectivity index (χ0) is 15.0. The number of aliphatic hydroxyl groups excluding tert-OH is 1. The maximum atomic E-state index is 12.7. The van der Waals surface area contributed by atoms with E-state index in [1.807, 2.05) is 0 Å². The molecule has 1 rings (SSSR count). The summed E-state index contributed by atoms with van der Waals surface area (Å²) in [4.78, 5) is 10.6. The second-order valence-electron chi connectivity index (χ2n) is 4.03. The van der Waals surface area contributed by atoms with Crippen LogP contribution < -0.4 is 5.73 Å². The van der Waals surface area contributed by atoms with Crippen LogP contribution in [0.1, 0.15) is 24.0 Å². The van der Waals surface area contributed by atoms with E-state index in [0.717, 1.165) is 6.07 Å². The van der Waals surface area contributed by atoms with Crippen LogP contribution in [0, 0.1) is 0 Å². The van der Waals surface area contributed by atoms with E-state index in [0.29, 0.717) is 6.07 Å². The number of carboxylic acids is 1. The summed E-state index contributed by atoms with van der Waals surface area (Å²) < 4.78 is 38.1. The van der Waals surface area contributed by atoms with Crippen molar-refractivity contribution in [2.75, 3.05) is 5.73 Å². The van der Waals surface area contributed by atoms with Crippen LogP contribution in [0.3, 0.4) is 0 Å². The molecule has 19 heavy (non-hydrogen) atoms. The maximum absolute atomic E-state index is 12.7. The topological polar surface area (TPSA) is 83.5 Å². The Morgan fingerprint density at radius 3 is 2.37 bits per heavy atom. The van der Waals surface area contributed by atoms with E-state index in [-0.39, 0.29) is 10.6 Å². The fraction of sp³-hybridized carbons (Fsp3) is 0.364. The molecule has 0 bridgehead atoms. The molecule has 4 nitrogen and oxygen atoms in total. The molecule has 0 saturated heterocycles. The van der Waals surface area contributed by atoms with E-state index < -0.39 is 35.4 Å². The second-order valence-corrected chi connectivity index (χ2v) is 4.44. The van der Waals surface area contributed by atoms with E-state index in [1.165, 1.54) is 6.92 Å². The zero-order valence-electron chi connectivity index (χ0n) is 9.70. The van der Waals surface area contributed by atoms with E-state index in [2.05, 4.69) is 0 Å². The number of anilines is 1. The number of carbonyl (C=O) groups is 1. The lowest BCUT2D eigenvalue weighted by atomic mass is 9.93. The van der Waals surface area contributed by atoms with E-state index >= 15 is 0 Å². The SMILES string of the molecule is CC(c1cc(Cl)c(N)c(C(F)(F)F)c1)C(O)C(=O)O. The fourth-order valence-corrected chi connectivity index (χ4v) is 1.76. The molecule has 8 heteroatoms. The van der Waals surface area contributed by atoms with Gasteiger partial charge in [0.25, 0.3) is 0 Å². The molecule has 1 aromatic carbocycles. The highest BCUT2D eigenvalue weighted by Crippen LogP contribution is 2.39. The smallest absolute Gasteiger partial charge is 0.418 e. The largest absolute Gasteiger partial charge is 0.479 e. The molecule has 0 amide bonds. The van der Waals surface area contributed by atoms with Gasteiger partial charge in [0, 0.05) is 5.92 Å². The average molecular weight is 298 g/mol. The van der Waals surface area contributed by atoms with Crippen LogP contribution in [-0.2, 0) is 11.0 Å². The molecule has 0 heterocycles. The van der Waals surface area contributed by atoms with Gasteiger partial charge in [0.2, 0.25) is 0 Å². The predicted octanol–water partition coefficient (Wildman–Crippen LogP) is 2.49. The third-order valence-electron chi connectivity index (χ3n) is 2.71. The lowest BCUT2D eigenvalue weighted by molar-refractivity contribution is -0.147. The Kier molecular flexibility index (Phi) is 4.32. The van der Waals surface area contributed by atoms with Crippen molar-refractivity contribution in [1.82, 2.24) is 0 Å². The van der Waals surface area contributed by atoms with Gasteiger partial charge in [-0.25, -0.2) is 4.79 Å². The van der Waals surface area contributed by atoms with Crippen molar-refractivity contribution in [3.8, 4) is 0 Å². The number of halogens is 4. The Morgan fingerprint density at radius 2 is 1.95 bits per heavy atom. The molecular weight excluding hydrogens is 287 g/mol. The molecule has 0 aliphatic heterocycles. The van der Waals surface area contributed by atoms with Crippen LogP contribution in [0.25, 0.3) is 0 Å². The molecule has 0 radical (unpaired) electrons. The minimum Gasteiger partial charge on any atom is -0.479 e. The van der Waals surface area contributed by atoms with E-state index in [9.17, 15) is 23.1 Å². The third-order valence-corrected chi connectivity index (χ3v) is 3.02. The molecule has 1 aromatic rings. The monoisotopic (exact) mass is 297 g/mol. The third kappa shape index (κ3) is 3.30. The van der Waals surface area contributed by atoms with Gasteiger partial charge in [-0.3, -0.25) is 0 Å². The first kappa shape index (κ1) is 15.6. The molecule has 0 spiro atoms. The Bertz CT molecular complexity index is 505. The Balaban J connectivity index is 3.32. The number of hydrogen-bond donors (Lipinski definition) is 3. The summed E-state index contributed by atoms with van der Waals surface area (Å²) in [5, 5.41) is 17.6.